The minimum absolute atomic E-state index is 0.136. The number of carbonyl (C=O) groups excluding carboxylic acids is 1. The van der Waals surface area contributed by atoms with Gasteiger partial charge < -0.3 is 19.1 Å². The van der Waals surface area contributed by atoms with Crippen LogP contribution >= 0.6 is 7.75 Å². The molecule has 3 aromatic rings. The molecule has 0 spiro atoms. The zero-order chi connectivity index (χ0) is 31.5. The van der Waals surface area contributed by atoms with Crippen LogP contribution in [0.1, 0.15) is 39.5 Å². The standard InChI is InChI=1S/C29H35FN3O9P/c1-17(2)40-26(36)19(4)32-43(38,42-22-12-10-21(11-13-22)20-8-6-18(3)7-9-20)39-16-23-25(35)29(5,30)27(41-23)33-15-14-24(34)31-28(33)37/h6-15,17,19,23,25,27,35H,16H2,1-5H3,(H,32,38)(H,31,34,37)/t19-,23+,25+,27+,29+,43?/m0/s1. The van der Waals surface area contributed by atoms with Crippen LogP contribution in [0.2, 0.25) is 0 Å². The van der Waals surface area contributed by atoms with Gasteiger partial charge in [0, 0.05) is 12.3 Å². The Labute approximate surface area is 247 Å². The lowest BCUT2D eigenvalue weighted by Crippen LogP contribution is -2.43. The van der Waals surface area contributed by atoms with E-state index >= 15 is 4.39 Å². The molecule has 0 radical (unpaired) electrons. The van der Waals surface area contributed by atoms with Gasteiger partial charge in [-0.15, -0.1) is 0 Å². The molecule has 0 saturated carbocycles. The number of rotatable bonds is 11. The predicted octanol–water partition coefficient (Wildman–Crippen LogP) is 3.63. The van der Waals surface area contributed by atoms with Crippen molar-refractivity contribution < 1.29 is 37.4 Å². The van der Waals surface area contributed by atoms with E-state index in [2.05, 4.69) is 5.09 Å². The Hall–Kier alpha value is -3.61. The van der Waals surface area contributed by atoms with Crippen molar-refractivity contribution in [3.8, 4) is 16.9 Å². The highest BCUT2D eigenvalue weighted by atomic mass is 31.2. The van der Waals surface area contributed by atoms with E-state index in [-0.39, 0.29) is 5.75 Å². The van der Waals surface area contributed by atoms with Crippen LogP contribution in [0.4, 0.5) is 4.39 Å². The fraction of sp³-hybridized carbons (Fsp3) is 0.414. The normalized spacial score (nSPS) is 24.0. The van der Waals surface area contributed by atoms with Crippen LogP contribution in [0.5, 0.6) is 5.75 Å². The quantitative estimate of drug-likeness (QED) is 0.214. The number of ether oxygens (including phenoxy) is 2. The minimum Gasteiger partial charge on any atom is -0.462 e. The molecule has 0 bridgehead atoms. The molecule has 43 heavy (non-hydrogen) atoms. The van der Waals surface area contributed by atoms with Crippen LogP contribution in [-0.4, -0.2) is 57.3 Å². The first-order valence-electron chi connectivity index (χ1n) is 13.6. The number of aromatic amines is 1. The monoisotopic (exact) mass is 619 g/mol. The van der Waals surface area contributed by atoms with Crippen molar-refractivity contribution in [3.05, 3.63) is 87.2 Å². The Balaban J connectivity index is 1.55. The number of aromatic nitrogens is 2. The third kappa shape index (κ3) is 7.67. The number of carbonyl (C=O) groups is 1. The number of aliphatic hydroxyl groups excluding tert-OH is 1. The molecule has 1 aliphatic heterocycles. The number of esters is 1. The summed E-state index contributed by atoms with van der Waals surface area (Å²) >= 11 is 0. The Bertz CT molecular complexity index is 1590. The smallest absolute Gasteiger partial charge is 0.459 e. The predicted molar refractivity (Wildman–Crippen MR) is 155 cm³/mol. The highest BCUT2D eigenvalue weighted by Gasteiger charge is 2.56. The molecule has 232 valence electrons. The van der Waals surface area contributed by atoms with Gasteiger partial charge in [0.05, 0.1) is 12.7 Å². The van der Waals surface area contributed by atoms with Crippen LogP contribution in [0.3, 0.4) is 0 Å². The van der Waals surface area contributed by atoms with E-state index in [1.807, 2.05) is 36.2 Å². The van der Waals surface area contributed by atoms with Crippen molar-refractivity contribution in [3.63, 3.8) is 0 Å². The summed E-state index contributed by atoms with van der Waals surface area (Å²) in [6.45, 7) is 7.06. The van der Waals surface area contributed by atoms with E-state index in [9.17, 15) is 24.1 Å². The third-order valence-corrected chi connectivity index (χ3v) is 8.40. The molecular formula is C29H35FN3O9P. The molecule has 2 aromatic carbocycles. The van der Waals surface area contributed by atoms with E-state index < -0.39 is 67.8 Å². The average molecular weight is 620 g/mol. The number of halogens is 1. The summed E-state index contributed by atoms with van der Waals surface area (Å²) in [5, 5.41) is 13.2. The van der Waals surface area contributed by atoms with Gasteiger partial charge in [0.1, 0.15) is 24.0 Å². The molecule has 14 heteroatoms. The zero-order valence-corrected chi connectivity index (χ0v) is 25.2. The number of hydrogen-bond acceptors (Lipinski definition) is 9. The Morgan fingerprint density at radius 1 is 1.12 bits per heavy atom. The molecule has 6 atom stereocenters. The molecule has 1 aliphatic rings. The summed E-state index contributed by atoms with van der Waals surface area (Å²) in [6.07, 6.45) is -4.29. The van der Waals surface area contributed by atoms with Gasteiger partial charge in [-0.2, -0.15) is 5.09 Å². The number of H-pyrrole nitrogens is 1. The number of nitrogens with one attached hydrogen (secondary N) is 2. The van der Waals surface area contributed by atoms with Crippen molar-refractivity contribution in [2.24, 2.45) is 0 Å². The van der Waals surface area contributed by atoms with Crippen LogP contribution in [0.15, 0.2) is 70.4 Å². The molecule has 1 saturated heterocycles. The fourth-order valence-electron chi connectivity index (χ4n) is 4.44. The molecule has 4 rings (SSSR count). The van der Waals surface area contributed by atoms with Crippen molar-refractivity contribution in [2.75, 3.05) is 6.61 Å². The Morgan fingerprint density at radius 3 is 2.30 bits per heavy atom. The summed E-state index contributed by atoms with van der Waals surface area (Å²) in [6, 6.07) is 14.4. The van der Waals surface area contributed by atoms with Gasteiger partial charge in [-0.25, -0.2) is 13.8 Å². The van der Waals surface area contributed by atoms with Crippen LogP contribution < -0.4 is 20.9 Å². The Kier molecular flexibility index (Phi) is 9.73. The SMILES string of the molecule is Cc1ccc(-c2ccc(OP(=O)(N[C@@H](C)C(=O)OC(C)C)OC[C@H]3O[C@@H](n4ccc(=O)[nH]c4=O)[C@](C)(F)[C@@H]3O)cc2)cc1. The second-order valence-corrected chi connectivity index (χ2v) is 12.4. The highest BCUT2D eigenvalue weighted by molar-refractivity contribution is 7.52. The number of nitrogens with zero attached hydrogens (tertiary/aromatic N) is 1. The molecule has 1 aromatic heterocycles. The first kappa shape index (κ1) is 32.3. The van der Waals surface area contributed by atoms with Crippen molar-refractivity contribution in [1.29, 1.82) is 0 Å². The lowest BCUT2D eigenvalue weighted by atomic mass is 9.98. The van der Waals surface area contributed by atoms with Gasteiger partial charge >= 0.3 is 19.4 Å². The van der Waals surface area contributed by atoms with Gasteiger partial charge in [0.15, 0.2) is 11.9 Å². The topological polar surface area (TPSA) is 158 Å². The van der Waals surface area contributed by atoms with Crippen LogP contribution in [0.25, 0.3) is 11.1 Å². The lowest BCUT2D eigenvalue weighted by molar-refractivity contribution is -0.149. The summed E-state index contributed by atoms with van der Waals surface area (Å²) in [7, 11) is -4.40. The summed E-state index contributed by atoms with van der Waals surface area (Å²) in [4.78, 5) is 38.2. The van der Waals surface area contributed by atoms with E-state index in [0.29, 0.717) is 0 Å². The van der Waals surface area contributed by atoms with Gasteiger partial charge in [-0.3, -0.25) is 23.7 Å². The molecule has 1 unspecified atom stereocenters. The van der Waals surface area contributed by atoms with E-state index in [0.717, 1.165) is 40.4 Å². The summed E-state index contributed by atoms with van der Waals surface area (Å²) < 4.78 is 52.5. The average Bonchev–Trinajstić information content (AvgIpc) is 3.16. The summed E-state index contributed by atoms with van der Waals surface area (Å²) in [5.74, 6) is -0.583. The van der Waals surface area contributed by atoms with Crippen LogP contribution in [-0.2, 0) is 23.4 Å². The van der Waals surface area contributed by atoms with E-state index in [1.54, 1.807) is 38.1 Å². The van der Waals surface area contributed by atoms with Gasteiger partial charge in [0.2, 0.25) is 0 Å². The molecule has 0 aliphatic carbocycles. The second kappa shape index (κ2) is 12.9. The lowest BCUT2D eigenvalue weighted by Gasteiger charge is -2.25. The minimum atomic E-state index is -4.40. The number of aryl methyl sites for hydroxylation is 1. The Morgan fingerprint density at radius 2 is 1.72 bits per heavy atom. The molecule has 3 N–H and O–H groups in total. The third-order valence-electron chi connectivity index (χ3n) is 6.75. The zero-order valence-electron chi connectivity index (χ0n) is 24.4. The summed E-state index contributed by atoms with van der Waals surface area (Å²) in [5.41, 5.74) is -1.21. The number of alkyl halides is 1. The highest BCUT2D eigenvalue weighted by Crippen LogP contribution is 2.47. The molecule has 0 amide bonds. The molecule has 1 fully saturated rings. The molecule has 12 nitrogen and oxygen atoms in total. The maximum atomic E-state index is 15.6. The van der Waals surface area contributed by atoms with Crippen molar-refractivity contribution in [1.82, 2.24) is 14.6 Å². The maximum absolute atomic E-state index is 15.6. The van der Waals surface area contributed by atoms with Crippen LogP contribution in [0, 0.1) is 6.92 Å². The first-order chi connectivity index (χ1) is 20.2. The van der Waals surface area contributed by atoms with E-state index in [4.69, 9.17) is 18.5 Å². The van der Waals surface area contributed by atoms with E-state index in [1.165, 1.54) is 6.92 Å². The molecular weight excluding hydrogens is 584 g/mol. The largest absolute Gasteiger partial charge is 0.462 e. The molecule has 2 heterocycles. The fourth-order valence-corrected chi connectivity index (χ4v) is 5.94. The van der Waals surface area contributed by atoms with Gasteiger partial charge in [0.25, 0.3) is 5.56 Å². The van der Waals surface area contributed by atoms with Crippen molar-refractivity contribution >= 4 is 13.7 Å². The van der Waals surface area contributed by atoms with Gasteiger partial charge in [-0.05, 0) is 57.9 Å². The number of hydrogen-bond donors (Lipinski definition) is 3. The number of aliphatic hydroxyl groups is 1. The maximum Gasteiger partial charge on any atom is 0.459 e. The van der Waals surface area contributed by atoms with Crippen molar-refractivity contribution in [2.45, 2.75) is 70.9 Å². The number of benzene rings is 2. The first-order valence-corrected chi connectivity index (χ1v) is 15.2. The second-order valence-electron chi connectivity index (χ2n) is 10.8. The van der Waals surface area contributed by atoms with Gasteiger partial charge in [-0.1, -0.05) is 42.0 Å².